The Bertz CT molecular complexity index is 879. The highest BCUT2D eigenvalue weighted by atomic mass is 35.5. The first-order valence-electron chi connectivity index (χ1n) is 9.42. The summed E-state index contributed by atoms with van der Waals surface area (Å²) in [5.41, 5.74) is 3.44. The zero-order chi connectivity index (χ0) is 19.5. The van der Waals surface area contributed by atoms with Crippen LogP contribution in [0.3, 0.4) is 0 Å². The smallest absolute Gasteiger partial charge is 0.268 e. The molecule has 0 radical (unpaired) electrons. The number of carbonyl (C=O) groups excluding carboxylic acids is 1. The first-order valence-corrected chi connectivity index (χ1v) is 9.80. The maximum Gasteiger partial charge on any atom is 0.268 e. The molecular formula is C21H23ClN4O2. The second-order valence-corrected chi connectivity index (χ2v) is 7.58. The minimum absolute atomic E-state index is 0.215. The van der Waals surface area contributed by atoms with Crippen molar-refractivity contribution in [2.24, 2.45) is 5.16 Å². The number of hydrogen-bond donors (Lipinski definition) is 1. The first kappa shape index (κ1) is 18.8. The van der Waals surface area contributed by atoms with E-state index in [1.165, 1.54) is 0 Å². The van der Waals surface area contributed by atoms with Crippen molar-refractivity contribution < 1.29 is 9.63 Å². The van der Waals surface area contributed by atoms with Gasteiger partial charge in [0.2, 0.25) is 6.10 Å². The number of carbonyl (C=O) groups is 1. The van der Waals surface area contributed by atoms with Crippen LogP contribution in [0.5, 0.6) is 0 Å². The molecule has 0 saturated carbocycles. The number of rotatable bonds is 4. The monoisotopic (exact) mass is 398 g/mol. The average molecular weight is 399 g/mol. The van der Waals surface area contributed by atoms with Crippen LogP contribution in [-0.4, -0.2) is 55.8 Å². The quantitative estimate of drug-likeness (QED) is 0.859. The number of piperazine rings is 1. The SMILES string of the molecule is CN1CCN(c2ccc(Cl)cc2NC(=O)C2CC(c3ccccc3)=NO2)CC1. The van der Waals surface area contributed by atoms with E-state index < -0.39 is 6.10 Å². The van der Waals surface area contributed by atoms with Gasteiger partial charge in [0.15, 0.2) is 0 Å². The van der Waals surface area contributed by atoms with Crippen LogP contribution in [0.25, 0.3) is 0 Å². The molecule has 1 amide bonds. The molecule has 0 aliphatic carbocycles. The summed E-state index contributed by atoms with van der Waals surface area (Å²) in [7, 11) is 2.11. The summed E-state index contributed by atoms with van der Waals surface area (Å²) in [6.45, 7) is 3.77. The van der Waals surface area contributed by atoms with E-state index in [0.29, 0.717) is 17.1 Å². The average Bonchev–Trinajstić information content (AvgIpc) is 3.20. The molecule has 2 aliphatic heterocycles. The molecule has 0 bridgehead atoms. The number of amides is 1. The van der Waals surface area contributed by atoms with Gasteiger partial charge in [-0.05, 0) is 30.8 Å². The van der Waals surface area contributed by atoms with E-state index in [1.807, 2.05) is 42.5 Å². The van der Waals surface area contributed by atoms with Crippen LogP contribution < -0.4 is 10.2 Å². The van der Waals surface area contributed by atoms with Crippen LogP contribution in [-0.2, 0) is 9.63 Å². The second kappa shape index (κ2) is 8.20. The lowest BCUT2D eigenvalue weighted by molar-refractivity contribution is -0.125. The molecule has 1 fully saturated rings. The molecule has 2 aliphatic rings. The third kappa shape index (κ3) is 4.13. The van der Waals surface area contributed by atoms with Crippen LogP contribution in [0, 0.1) is 0 Å². The molecule has 1 N–H and O–H groups in total. The maximum absolute atomic E-state index is 12.8. The summed E-state index contributed by atoms with van der Waals surface area (Å²) in [5.74, 6) is -0.215. The van der Waals surface area contributed by atoms with Crippen molar-refractivity contribution in [1.29, 1.82) is 0 Å². The Kier molecular flexibility index (Phi) is 5.50. The van der Waals surface area contributed by atoms with Gasteiger partial charge >= 0.3 is 0 Å². The van der Waals surface area contributed by atoms with Crippen LogP contribution >= 0.6 is 11.6 Å². The molecule has 1 saturated heterocycles. The lowest BCUT2D eigenvalue weighted by Gasteiger charge is -2.35. The topological polar surface area (TPSA) is 57.2 Å². The van der Waals surface area contributed by atoms with E-state index in [1.54, 1.807) is 6.07 Å². The van der Waals surface area contributed by atoms with Crippen molar-refractivity contribution in [2.75, 3.05) is 43.4 Å². The summed E-state index contributed by atoms with van der Waals surface area (Å²) in [4.78, 5) is 22.8. The third-order valence-electron chi connectivity index (χ3n) is 5.13. The van der Waals surface area contributed by atoms with Gasteiger partial charge in [0, 0.05) is 37.6 Å². The van der Waals surface area contributed by atoms with Crippen LogP contribution in [0.15, 0.2) is 53.7 Å². The molecule has 2 aromatic rings. The van der Waals surface area contributed by atoms with Crippen LogP contribution in [0.4, 0.5) is 11.4 Å². The number of nitrogens with one attached hydrogen (secondary N) is 1. The first-order chi connectivity index (χ1) is 13.6. The Balaban J connectivity index is 1.46. The Morgan fingerprint density at radius 1 is 1.14 bits per heavy atom. The molecule has 1 atom stereocenters. The van der Waals surface area contributed by atoms with Crippen molar-refractivity contribution in [2.45, 2.75) is 12.5 Å². The van der Waals surface area contributed by atoms with Gasteiger partial charge in [0.25, 0.3) is 5.91 Å². The van der Waals surface area contributed by atoms with Gasteiger partial charge in [-0.2, -0.15) is 0 Å². The largest absolute Gasteiger partial charge is 0.382 e. The number of anilines is 2. The Morgan fingerprint density at radius 2 is 1.89 bits per heavy atom. The van der Waals surface area contributed by atoms with E-state index >= 15 is 0 Å². The predicted octanol–water partition coefficient (Wildman–Crippen LogP) is 3.22. The standard InChI is InChI=1S/C21H23ClN4O2/c1-25-9-11-26(12-10-25)19-8-7-16(22)13-18(19)23-21(27)20-14-17(24-28-20)15-5-3-2-4-6-15/h2-8,13,20H,9-12,14H2,1H3,(H,23,27). The molecule has 146 valence electrons. The zero-order valence-corrected chi connectivity index (χ0v) is 16.5. The van der Waals surface area contributed by atoms with Gasteiger partial charge in [-0.1, -0.05) is 47.1 Å². The van der Waals surface area contributed by atoms with Crippen LogP contribution in [0.1, 0.15) is 12.0 Å². The van der Waals surface area contributed by atoms with Gasteiger partial charge in [-0.15, -0.1) is 0 Å². The van der Waals surface area contributed by atoms with Crippen molar-refractivity contribution in [1.82, 2.24) is 4.90 Å². The Morgan fingerprint density at radius 3 is 2.64 bits per heavy atom. The normalized spacial score (nSPS) is 19.9. The Hall–Kier alpha value is -2.57. The van der Waals surface area contributed by atoms with Crippen molar-refractivity contribution >= 4 is 34.6 Å². The molecule has 7 heteroatoms. The number of halogens is 1. The fraction of sp³-hybridized carbons (Fsp3) is 0.333. The zero-order valence-electron chi connectivity index (χ0n) is 15.8. The molecule has 1 unspecified atom stereocenters. The van der Waals surface area contributed by atoms with E-state index in [-0.39, 0.29) is 5.91 Å². The number of benzene rings is 2. The summed E-state index contributed by atoms with van der Waals surface area (Å²) in [6.07, 6.45) is -0.199. The van der Waals surface area contributed by atoms with E-state index in [0.717, 1.165) is 43.1 Å². The number of oxime groups is 1. The van der Waals surface area contributed by atoms with Crippen LogP contribution in [0.2, 0.25) is 5.02 Å². The third-order valence-corrected chi connectivity index (χ3v) is 5.36. The Labute approximate surface area is 169 Å². The van der Waals surface area contributed by atoms with Gasteiger partial charge in [0.1, 0.15) is 0 Å². The highest BCUT2D eigenvalue weighted by Gasteiger charge is 2.30. The molecule has 4 rings (SSSR count). The van der Waals surface area contributed by atoms with Crippen molar-refractivity contribution in [3.63, 3.8) is 0 Å². The fourth-order valence-electron chi connectivity index (χ4n) is 3.46. The van der Waals surface area contributed by atoms with Gasteiger partial charge in [-0.25, -0.2) is 0 Å². The molecule has 0 spiro atoms. The van der Waals surface area contributed by atoms with E-state index in [9.17, 15) is 4.79 Å². The number of likely N-dealkylation sites (N-methyl/N-ethyl adjacent to an activating group) is 1. The van der Waals surface area contributed by atoms with Gasteiger partial charge in [-0.3, -0.25) is 4.79 Å². The van der Waals surface area contributed by atoms with Crippen molar-refractivity contribution in [3.05, 3.63) is 59.1 Å². The lowest BCUT2D eigenvalue weighted by Crippen LogP contribution is -2.44. The second-order valence-electron chi connectivity index (χ2n) is 7.14. The summed E-state index contributed by atoms with van der Waals surface area (Å²) in [5, 5.41) is 7.68. The molecule has 0 aromatic heterocycles. The summed E-state index contributed by atoms with van der Waals surface area (Å²) in [6, 6.07) is 15.4. The highest BCUT2D eigenvalue weighted by Crippen LogP contribution is 2.31. The molecule has 28 heavy (non-hydrogen) atoms. The van der Waals surface area contributed by atoms with E-state index in [2.05, 4.69) is 27.3 Å². The lowest BCUT2D eigenvalue weighted by atomic mass is 10.0. The molecule has 6 nitrogen and oxygen atoms in total. The molecule has 2 heterocycles. The van der Waals surface area contributed by atoms with Crippen molar-refractivity contribution in [3.8, 4) is 0 Å². The predicted molar refractivity (Wildman–Crippen MR) is 112 cm³/mol. The maximum atomic E-state index is 12.8. The van der Waals surface area contributed by atoms with Gasteiger partial charge < -0.3 is 20.0 Å². The minimum Gasteiger partial charge on any atom is -0.382 e. The van der Waals surface area contributed by atoms with Gasteiger partial charge in [0.05, 0.1) is 17.1 Å². The van der Waals surface area contributed by atoms with E-state index in [4.69, 9.17) is 16.4 Å². The summed E-state index contributed by atoms with van der Waals surface area (Å²) < 4.78 is 0. The summed E-state index contributed by atoms with van der Waals surface area (Å²) >= 11 is 6.19. The highest BCUT2D eigenvalue weighted by molar-refractivity contribution is 6.31. The number of hydrogen-bond acceptors (Lipinski definition) is 5. The minimum atomic E-state index is -0.644. The fourth-order valence-corrected chi connectivity index (χ4v) is 3.64. The molecule has 2 aromatic carbocycles. The number of nitrogens with zero attached hydrogens (tertiary/aromatic N) is 3. The molecular weight excluding hydrogens is 376 g/mol.